The molecule has 24 heavy (non-hydrogen) atoms. The van der Waals surface area contributed by atoms with Crippen LogP contribution in [0.15, 0.2) is 87.5 Å². The van der Waals surface area contributed by atoms with Crippen molar-refractivity contribution < 1.29 is 8.42 Å². The van der Waals surface area contributed by atoms with Crippen LogP contribution in [0.3, 0.4) is 0 Å². The molecule has 0 amide bonds. The van der Waals surface area contributed by atoms with Crippen LogP contribution in [0.4, 0.5) is 0 Å². The van der Waals surface area contributed by atoms with Crippen molar-refractivity contribution in [3.05, 3.63) is 89.5 Å². The van der Waals surface area contributed by atoms with E-state index in [4.69, 9.17) is 0 Å². The standard InChI is InChI=1S/C20H16O2S2/c1-14-10-12-15(13-11-14)24(21,22)20-16-6-2-4-8-18(16)23-19-9-5-3-7-17(19)20/h2-13,20H,1H3. The number of sulfone groups is 1. The molecule has 0 aromatic heterocycles. The molecule has 0 saturated heterocycles. The average Bonchev–Trinajstić information content (AvgIpc) is 2.59. The maximum atomic E-state index is 13.4. The summed E-state index contributed by atoms with van der Waals surface area (Å²) in [6.45, 7) is 1.96. The van der Waals surface area contributed by atoms with E-state index >= 15 is 0 Å². The van der Waals surface area contributed by atoms with Crippen LogP contribution < -0.4 is 0 Å². The highest BCUT2D eigenvalue weighted by atomic mass is 32.2. The third-order valence-electron chi connectivity index (χ3n) is 4.28. The number of fused-ring (bicyclic) bond motifs is 2. The predicted octanol–water partition coefficient (Wildman–Crippen LogP) is 5.02. The van der Waals surface area contributed by atoms with Crippen LogP contribution in [-0.2, 0) is 9.84 Å². The molecule has 1 heterocycles. The zero-order valence-corrected chi connectivity index (χ0v) is 14.8. The minimum absolute atomic E-state index is 0.370. The molecular weight excluding hydrogens is 336 g/mol. The van der Waals surface area contributed by atoms with E-state index < -0.39 is 15.1 Å². The van der Waals surface area contributed by atoms with E-state index in [1.807, 2.05) is 67.6 Å². The van der Waals surface area contributed by atoms with Crippen LogP contribution in [0.25, 0.3) is 0 Å². The van der Waals surface area contributed by atoms with Crippen molar-refractivity contribution in [1.82, 2.24) is 0 Å². The van der Waals surface area contributed by atoms with E-state index in [-0.39, 0.29) is 0 Å². The second-order valence-corrected chi connectivity index (χ2v) is 9.03. The number of aryl methyl sites for hydroxylation is 1. The van der Waals surface area contributed by atoms with Crippen molar-refractivity contribution in [2.24, 2.45) is 0 Å². The lowest BCUT2D eigenvalue weighted by molar-refractivity contribution is 0.587. The molecule has 4 rings (SSSR count). The first-order valence-corrected chi connectivity index (χ1v) is 10.1. The van der Waals surface area contributed by atoms with Crippen molar-refractivity contribution in [2.75, 3.05) is 0 Å². The summed E-state index contributed by atoms with van der Waals surface area (Å²) < 4.78 is 26.8. The second-order valence-electron chi connectivity index (χ2n) is 5.92. The zero-order chi connectivity index (χ0) is 16.7. The molecule has 0 unspecified atom stereocenters. The van der Waals surface area contributed by atoms with Gasteiger partial charge in [0.15, 0.2) is 9.84 Å². The molecule has 4 heteroatoms. The molecule has 120 valence electrons. The quantitative estimate of drug-likeness (QED) is 0.649. The second kappa shape index (κ2) is 5.80. The van der Waals surface area contributed by atoms with Gasteiger partial charge in [-0.3, -0.25) is 0 Å². The molecule has 0 N–H and O–H groups in total. The number of rotatable bonds is 2. The Morgan fingerprint density at radius 1 is 0.750 bits per heavy atom. The monoisotopic (exact) mass is 352 g/mol. The third kappa shape index (κ3) is 2.46. The lowest BCUT2D eigenvalue weighted by Crippen LogP contribution is -2.19. The number of hydrogen-bond donors (Lipinski definition) is 0. The van der Waals surface area contributed by atoms with Crippen molar-refractivity contribution in [3.63, 3.8) is 0 Å². The van der Waals surface area contributed by atoms with Gasteiger partial charge in [-0.1, -0.05) is 65.9 Å². The van der Waals surface area contributed by atoms with Gasteiger partial charge in [-0.05, 0) is 42.3 Å². The summed E-state index contributed by atoms with van der Waals surface area (Å²) in [5, 5.41) is -0.658. The molecule has 3 aromatic rings. The molecule has 0 saturated carbocycles. The molecule has 2 nitrogen and oxygen atoms in total. The normalized spacial score (nSPS) is 14.0. The largest absolute Gasteiger partial charge is 0.223 e. The fourth-order valence-corrected chi connectivity index (χ4v) is 6.22. The Hall–Kier alpha value is -2.04. The molecule has 1 aliphatic rings. The van der Waals surface area contributed by atoms with Crippen LogP contribution in [-0.4, -0.2) is 8.42 Å². The van der Waals surface area contributed by atoms with Gasteiger partial charge in [0, 0.05) is 9.79 Å². The minimum Gasteiger partial charge on any atom is -0.223 e. The third-order valence-corrected chi connectivity index (χ3v) is 7.52. The van der Waals surface area contributed by atoms with Gasteiger partial charge >= 0.3 is 0 Å². The van der Waals surface area contributed by atoms with Crippen LogP contribution in [0.5, 0.6) is 0 Å². The predicted molar refractivity (Wildman–Crippen MR) is 97.2 cm³/mol. The molecular formula is C20H16O2S2. The summed E-state index contributed by atoms with van der Waals surface area (Å²) in [6.07, 6.45) is 0. The van der Waals surface area contributed by atoms with Crippen molar-refractivity contribution in [3.8, 4) is 0 Å². The average molecular weight is 352 g/mol. The van der Waals surface area contributed by atoms with Crippen LogP contribution in [0.2, 0.25) is 0 Å². The maximum absolute atomic E-state index is 13.4. The molecule has 3 aromatic carbocycles. The fraction of sp³-hybridized carbons (Fsp3) is 0.100. The fourth-order valence-electron chi connectivity index (χ4n) is 3.06. The summed E-state index contributed by atoms with van der Waals surface area (Å²) in [4.78, 5) is 2.39. The van der Waals surface area contributed by atoms with Crippen molar-refractivity contribution >= 4 is 21.6 Å². The molecule has 1 aliphatic heterocycles. The first-order valence-electron chi connectivity index (χ1n) is 7.73. The Bertz CT molecular complexity index is 960. The van der Waals surface area contributed by atoms with Gasteiger partial charge in [-0.25, -0.2) is 8.42 Å². The smallest absolute Gasteiger partial charge is 0.189 e. The summed E-state index contributed by atoms with van der Waals surface area (Å²) in [5.41, 5.74) is 2.78. The highest BCUT2D eigenvalue weighted by Gasteiger charge is 2.36. The number of hydrogen-bond acceptors (Lipinski definition) is 3. The lowest BCUT2D eigenvalue weighted by atomic mass is 10.0. The van der Waals surface area contributed by atoms with Gasteiger partial charge in [-0.2, -0.15) is 0 Å². The topological polar surface area (TPSA) is 34.1 Å². The van der Waals surface area contributed by atoms with Gasteiger partial charge in [0.25, 0.3) is 0 Å². The molecule has 0 radical (unpaired) electrons. The summed E-state index contributed by atoms with van der Waals surface area (Å²) in [6, 6.07) is 22.7. The SMILES string of the molecule is Cc1ccc(S(=O)(=O)C2c3ccccc3Sc3ccccc32)cc1. The first kappa shape index (κ1) is 15.5. The molecule has 0 atom stereocenters. The van der Waals surface area contributed by atoms with Gasteiger partial charge < -0.3 is 0 Å². The van der Waals surface area contributed by atoms with Crippen molar-refractivity contribution in [2.45, 2.75) is 26.9 Å². The van der Waals surface area contributed by atoms with Crippen LogP contribution >= 0.6 is 11.8 Å². The summed E-state index contributed by atoms with van der Waals surface area (Å²) in [7, 11) is -3.52. The lowest BCUT2D eigenvalue weighted by Gasteiger charge is -2.27. The molecule has 0 spiro atoms. The molecule has 0 aliphatic carbocycles. The van der Waals surface area contributed by atoms with Crippen LogP contribution in [0, 0.1) is 6.92 Å². The van der Waals surface area contributed by atoms with E-state index in [0.717, 1.165) is 26.5 Å². The van der Waals surface area contributed by atoms with Crippen molar-refractivity contribution in [1.29, 1.82) is 0 Å². The Labute approximate surface area is 146 Å². The zero-order valence-electron chi connectivity index (χ0n) is 13.1. The molecule has 0 fully saturated rings. The Balaban J connectivity index is 1.96. The Kier molecular flexibility index (Phi) is 3.74. The van der Waals surface area contributed by atoms with E-state index in [0.29, 0.717) is 4.90 Å². The Morgan fingerprint density at radius 2 is 1.25 bits per heavy atom. The summed E-state index contributed by atoms with van der Waals surface area (Å²) >= 11 is 1.64. The number of benzene rings is 3. The van der Waals surface area contributed by atoms with E-state index in [9.17, 15) is 8.42 Å². The maximum Gasteiger partial charge on any atom is 0.189 e. The van der Waals surface area contributed by atoms with Crippen LogP contribution in [0.1, 0.15) is 21.9 Å². The highest BCUT2D eigenvalue weighted by Crippen LogP contribution is 2.49. The van der Waals surface area contributed by atoms with E-state index in [2.05, 4.69) is 0 Å². The highest BCUT2D eigenvalue weighted by molar-refractivity contribution is 7.99. The van der Waals surface area contributed by atoms with E-state index in [1.165, 1.54) is 0 Å². The first-order chi connectivity index (χ1) is 11.6. The molecule has 0 bridgehead atoms. The van der Waals surface area contributed by atoms with E-state index in [1.54, 1.807) is 23.9 Å². The van der Waals surface area contributed by atoms with Gasteiger partial charge in [0.1, 0.15) is 5.25 Å². The summed E-state index contributed by atoms with van der Waals surface area (Å²) in [5.74, 6) is 0. The van der Waals surface area contributed by atoms with Gasteiger partial charge in [0.2, 0.25) is 0 Å². The minimum atomic E-state index is -3.52. The Morgan fingerprint density at radius 3 is 1.79 bits per heavy atom. The van der Waals surface area contributed by atoms with Gasteiger partial charge in [0.05, 0.1) is 4.90 Å². The van der Waals surface area contributed by atoms with Gasteiger partial charge in [-0.15, -0.1) is 0 Å².